The number of fused-ring (bicyclic) bond motifs is 3. The number of allylic oxidation sites excluding steroid dienone is 2. The van der Waals surface area contributed by atoms with Gasteiger partial charge in [0.15, 0.2) is 11.6 Å². The molecular formula is C27H23ClN4O. The molecule has 0 radical (unpaired) electrons. The van der Waals surface area contributed by atoms with Crippen LogP contribution in [0, 0.1) is 22.7 Å². The van der Waals surface area contributed by atoms with Crippen LogP contribution in [0.3, 0.4) is 0 Å². The third kappa shape index (κ3) is 3.13. The van der Waals surface area contributed by atoms with E-state index in [4.69, 9.17) is 21.6 Å². The molecule has 0 aliphatic heterocycles. The van der Waals surface area contributed by atoms with Crippen LogP contribution in [0.5, 0.6) is 0 Å². The van der Waals surface area contributed by atoms with Gasteiger partial charge in [-0.3, -0.25) is 9.78 Å². The molecule has 0 bridgehead atoms. The van der Waals surface area contributed by atoms with Gasteiger partial charge in [0.1, 0.15) is 6.07 Å². The Kier molecular flexibility index (Phi) is 4.95. The van der Waals surface area contributed by atoms with E-state index in [2.05, 4.69) is 24.9 Å². The summed E-state index contributed by atoms with van der Waals surface area (Å²) in [6.07, 6.45) is 6.85. The summed E-state index contributed by atoms with van der Waals surface area (Å²) in [6, 6.07) is 13.6. The Hall–Kier alpha value is -3.36. The number of rotatable bonds is 2. The largest absolute Gasteiger partial charge is 0.293 e. The minimum absolute atomic E-state index is 0.0812. The number of hydrogen-bond acceptors (Lipinski definition) is 5. The van der Waals surface area contributed by atoms with Crippen molar-refractivity contribution in [1.29, 1.82) is 5.26 Å². The van der Waals surface area contributed by atoms with Crippen molar-refractivity contribution in [2.45, 2.75) is 39.0 Å². The zero-order chi connectivity index (χ0) is 23.4. The maximum Gasteiger partial charge on any atom is 0.176 e. The molecule has 0 unspecified atom stereocenters. The van der Waals surface area contributed by atoms with Crippen LogP contribution in [0.25, 0.3) is 22.6 Å². The summed E-state index contributed by atoms with van der Waals surface area (Å²) in [6.45, 7) is 6.21. The molecule has 0 N–H and O–H groups in total. The SMILES string of the molecule is C[C@H]1C(=O)C(C#N)=C[C@@]2(C)c3nc(-c4ccncc4)nc(-c4ccc(Cl)cc4)c3CC[C@]12C. The predicted octanol–water partition coefficient (Wildman–Crippen LogP) is 5.74. The highest BCUT2D eigenvalue weighted by Gasteiger charge is 2.57. The van der Waals surface area contributed by atoms with E-state index in [0.29, 0.717) is 10.8 Å². The van der Waals surface area contributed by atoms with Gasteiger partial charge in [-0.1, -0.05) is 43.7 Å². The molecular weight excluding hydrogens is 432 g/mol. The highest BCUT2D eigenvalue weighted by molar-refractivity contribution is 6.30. The summed E-state index contributed by atoms with van der Waals surface area (Å²) in [7, 11) is 0. The zero-order valence-corrected chi connectivity index (χ0v) is 19.5. The average molecular weight is 455 g/mol. The van der Waals surface area contributed by atoms with Crippen molar-refractivity contribution in [3.05, 3.63) is 76.7 Å². The quantitative estimate of drug-likeness (QED) is 0.493. The number of aromatic nitrogens is 3. The third-order valence-electron chi connectivity index (χ3n) is 7.80. The fourth-order valence-corrected chi connectivity index (χ4v) is 5.54. The number of hydrogen-bond donors (Lipinski definition) is 0. The van der Waals surface area contributed by atoms with Crippen LogP contribution in [-0.4, -0.2) is 20.7 Å². The van der Waals surface area contributed by atoms with E-state index in [1.165, 1.54) is 0 Å². The monoisotopic (exact) mass is 454 g/mol. The molecule has 2 aliphatic carbocycles. The average Bonchev–Trinajstić information content (AvgIpc) is 2.84. The van der Waals surface area contributed by atoms with Crippen molar-refractivity contribution in [2.75, 3.05) is 0 Å². The number of Topliss-reactive ketones (excluding diaryl/α,β-unsaturated/α-hetero) is 1. The van der Waals surface area contributed by atoms with E-state index in [0.717, 1.165) is 40.9 Å². The fourth-order valence-electron chi connectivity index (χ4n) is 5.41. The van der Waals surface area contributed by atoms with Gasteiger partial charge in [-0.15, -0.1) is 0 Å². The van der Waals surface area contributed by atoms with Gasteiger partial charge in [0.05, 0.1) is 17.0 Å². The van der Waals surface area contributed by atoms with Gasteiger partial charge in [0, 0.05) is 45.4 Å². The molecule has 2 aromatic heterocycles. The number of nitriles is 1. The molecule has 5 rings (SSSR count). The second-order valence-corrected chi connectivity index (χ2v) is 9.78. The molecule has 5 nitrogen and oxygen atoms in total. The lowest BCUT2D eigenvalue weighted by molar-refractivity contribution is -0.125. The minimum atomic E-state index is -0.592. The Morgan fingerprint density at radius 3 is 2.42 bits per heavy atom. The molecule has 1 aromatic carbocycles. The molecule has 6 heteroatoms. The fraction of sp³-hybridized carbons (Fsp3) is 0.296. The van der Waals surface area contributed by atoms with E-state index in [1.807, 2.05) is 49.4 Å². The van der Waals surface area contributed by atoms with Gasteiger partial charge < -0.3 is 0 Å². The molecule has 0 amide bonds. The number of benzene rings is 1. The van der Waals surface area contributed by atoms with Crippen LogP contribution in [0.15, 0.2) is 60.4 Å². The normalized spacial score (nSPS) is 26.1. The number of nitrogens with zero attached hydrogens (tertiary/aromatic N) is 4. The first kappa shape index (κ1) is 21.5. The van der Waals surface area contributed by atoms with Crippen LogP contribution in [-0.2, 0) is 16.6 Å². The van der Waals surface area contributed by atoms with Crippen LogP contribution < -0.4 is 0 Å². The third-order valence-corrected chi connectivity index (χ3v) is 8.06. The zero-order valence-electron chi connectivity index (χ0n) is 18.8. The molecule has 3 atom stereocenters. The predicted molar refractivity (Wildman–Crippen MR) is 127 cm³/mol. The summed E-state index contributed by atoms with van der Waals surface area (Å²) in [5.41, 5.74) is 3.90. The minimum Gasteiger partial charge on any atom is -0.293 e. The standard InChI is InChI=1S/C27H23ClN4O/c1-16-23(33)19(15-29)14-27(3)24-21(8-11-26(16,27)2)22(17-4-6-20(28)7-5-17)31-25(32-24)18-9-12-30-13-10-18/h4-7,9-10,12-14,16H,8,11H2,1-3H3/t16-,26+,27-/m0/s1. The van der Waals surface area contributed by atoms with Gasteiger partial charge in [-0.25, -0.2) is 9.97 Å². The van der Waals surface area contributed by atoms with Crippen LogP contribution in [0.1, 0.15) is 38.4 Å². The first-order chi connectivity index (χ1) is 15.8. The van der Waals surface area contributed by atoms with E-state index < -0.39 is 5.41 Å². The topological polar surface area (TPSA) is 79.5 Å². The summed E-state index contributed by atoms with van der Waals surface area (Å²) < 4.78 is 0. The number of halogens is 1. The van der Waals surface area contributed by atoms with Crippen molar-refractivity contribution in [3.8, 4) is 28.7 Å². The summed E-state index contributed by atoms with van der Waals surface area (Å²) >= 11 is 6.15. The Morgan fingerprint density at radius 1 is 1.06 bits per heavy atom. The van der Waals surface area contributed by atoms with Gasteiger partial charge in [-0.05, 0) is 49.4 Å². The maximum atomic E-state index is 12.9. The van der Waals surface area contributed by atoms with Crippen LogP contribution in [0.2, 0.25) is 5.02 Å². The van der Waals surface area contributed by atoms with Gasteiger partial charge in [-0.2, -0.15) is 5.26 Å². The molecule has 164 valence electrons. The highest BCUT2D eigenvalue weighted by Crippen LogP contribution is 2.58. The second kappa shape index (κ2) is 7.60. The van der Waals surface area contributed by atoms with Crippen molar-refractivity contribution in [1.82, 2.24) is 15.0 Å². The highest BCUT2D eigenvalue weighted by atomic mass is 35.5. The van der Waals surface area contributed by atoms with Crippen molar-refractivity contribution >= 4 is 17.4 Å². The van der Waals surface area contributed by atoms with Gasteiger partial charge >= 0.3 is 0 Å². The molecule has 33 heavy (non-hydrogen) atoms. The Balaban J connectivity index is 1.84. The molecule has 2 heterocycles. The van der Waals surface area contributed by atoms with E-state index in [9.17, 15) is 10.1 Å². The van der Waals surface area contributed by atoms with Crippen molar-refractivity contribution in [2.24, 2.45) is 11.3 Å². The number of carbonyl (C=O) groups is 1. The number of pyridine rings is 1. The maximum absolute atomic E-state index is 12.9. The molecule has 0 fully saturated rings. The van der Waals surface area contributed by atoms with E-state index in [-0.39, 0.29) is 22.7 Å². The Bertz CT molecular complexity index is 1340. The van der Waals surface area contributed by atoms with Crippen LogP contribution in [0.4, 0.5) is 0 Å². The Morgan fingerprint density at radius 2 is 1.76 bits per heavy atom. The van der Waals surface area contributed by atoms with Crippen LogP contribution >= 0.6 is 11.6 Å². The van der Waals surface area contributed by atoms with Gasteiger partial charge in [0.25, 0.3) is 0 Å². The number of ketones is 1. The second-order valence-electron chi connectivity index (χ2n) is 9.34. The van der Waals surface area contributed by atoms with Crippen molar-refractivity contribution in [3.63, 3.8) is 0 Å². The van der Waals surface area contributed by atoms with Crippen molar-refractivity contribution < 1.29 is 4.79 Å². The molecule has 2 aliphatic rings. The van der Waals surface area contributed by atoms with E-state index >= 15 is 0 Å². The smallest absolute Gasteiger partial charge is 0.176 e. The molecule has 3 aromatic rings. The first-order valence-corrected chi connectivity index (χ1v) is 11.4. The molecule has 0 saturated carbocycles. The first-order valence-electron chi connectivity index (χ1n) is 11.0. The van der Waals surface area contributed by atoms with Gasteiger partial charge in [0.2, 0.25) is 0 Å². The lowest BCUT2D eigenvalue weighted by Crippen LogP contribution is -2.54. The summed E-state index contributed by atoms with van der Waals surface area (Å²) in [4.78, 5) is 27.1. The number of carbonyl (C=O) groups excluding carboxylic acids is 1. The molecule has 0 saturated heterocycles. The summed E-state index contributed by atoms with van der Waals surface area (Å²) in [5.74, 6) is 0.235. The lowest BCUT2D eigenvalue weighted by Gasteiger charge is -2.54. The lowest BCUT2D eigenvalue weighted by atomic mass is 9.49. The van der Waals surface area contributed by atoms with E-state index in [1.54, 1.807) is 12.4 Å². The summed E-state index contributed by atoms with van der Waals surface area (Å²) in [5, 5.41) is 10.4. The Labute approximate surface area is 198 Å². The molecule has 0 spiro atoms.